The van der Waals surface area contributed by atoms with Crippen molar-refractivity contribution in [2.24, 2.45) is 0 Å². The maximum absolute atomic E-state index is 12.0. The lowest BCUT2D eigenvalue weighted by atomic mass is 9.94. The Labute approximate surface area is 129 Å². The van der Waals surface area contributed by atoms with Gasteiger partial charge in [0.25, 0.3) is 0 Å². The van der Waals surface area contributed by atoms with Crippen LogP contribution in [0.2, 0.25) is 0 Å². The Morgan fingerprint density at radius 2 is 2.23 bits per heavy atom. The number of likely N-dealkylation sites (tertiary alicyclic amines) is 1. The second-order valence-electron chi connectivity index (χ2n) is 5.35. The Balaban J connectivity index is 1.84. The van der Waals surface area contributed by atoms with E-state index < -0.39 is 0 Å². The molecular weight excluding hydrogens is 282 g/mol. The van der Waals surface area contributed by atoms with Crippen LogP contribution in [-0.2, 0) is 9.53 Å². The van der Waals surface area contributed by atoms with Gasteiger partial charge in [-0.15, -0.1) is 0 Å². The van der Waals surface area contributed by atoms with Crippen LogP contribution in [-0.4, -0.2) is 57.1 Å². The molecule has 3 heterocycles. The zero-order valence-electron chi connectivity index (χ0n) is 12.6. The summed E-state index contributed by atoms with van der Waals surface area (Å²) in [5.41, 5.74) is 0.912. The molecule has 0 radical (unpaired) electrons. The molecule has 1 aliphatic heterocycles. The number of carbonyl (C=O) groups excluding carboxylic acids is 1. The number of methoxy groups -OCH3 is 1. The fourth-order valence-corrected chi connectivity index (χ4v) is 2.85. The summed E-state index contributed by atoms with van der Waals surface area (Å²) >= 11 is 0. The van der Waals surface area contributed by atoms with Crippen LogP contribution in [0.3, 0.4) is 0 Å². The Kier molecular flexibility index (Phi) is 4.43. The summed E-state index contributed by atoms with van der Waals surface area (Å²) in [6.07, 6.45) is 10.6. The summed E-state index contributed by atoms with van der Waals surface area (Å²) in [7, 11) is 1.54. The van der Waals surface area contributed by atoms with Crippen LogP contribution in [0.1, 0.15) is 24.5 Å². The predicted octanol–water partition coefficient (Wildman–Crippen LogP) is 1.01. The number of carbonyl (C=O) groups is 1. The second-order valence-corrected chi connectivity index (χ2v) is 5.35. The van der Waals surface area contributed by atoms with Crippen molar-refractivity contribution < 1.29 is 9.53 Å². The molecule has 7 heteroatoms. The molecule has 7 nitrogen and oxygen atoms in total. The molecule has 0 N–H and O–H groups in total. The monoisotopic (exact) mass is 301 g/mol. The molecule has 1 fully saturated rings. The van der Waals surface area contributed by atoms with E-state index in [0.29, 0.717) is 6.54 Å². The molecule has 0 spiro atoms. The van der Waals surface area contributed by atoms with Crippen molar-refractivity contribution in [3.8, 4) is 5.82 Å². The molecule has 2 aromatic heterocycles. The molecule has 116 valence electrons. The van der Waals surface area contributed by atoms with Crippen LogP contribution in [0.4, 0.5) is 0 Å². The maximum atomic E-state index is 12.0. The Bertz CT molecular complexity index is 629. The number of amides is 1. The van der Waals surface area contributed by atoms with Crippen LogP contribution in [0.25, 0.3) is 5.82 Å². The minimum atomic E-state index is 0.0280. The topological polar surface area (TPSA) is 73.1 Å². The molecule has 0 aromatic carbocycles. The van der Waals surface area contributed by atoms with Crippen molar-refractivity contribution in [1.29, 1.82) is 0 Å². The van der Waals surface area contributed by atoms with Gasteiger partial charge in [-0.05, 0) is 12.8 Å². The lowest BCUT2D eigenvalue weighted by Crippen LogP contribution is -2.41. The number of piperidine rings is 1. The third kappa shape index (κ3) is 2.99. The highest BCUT2D eigenvalue weighted by molar-refractivity contribution is 5.77. The molecule has 0 unspecified atom stereocenters. The summed E-state index contributed by atoms with van der Waals surface area (Å²) in [5.74, 6) is 0.993. The van der Waals surface area contributed by atoms with Gasteiger partial charge in [-0.25, -0.2) is 9.97 Å². The SMILES string of the molecule is COCC(=O)N1CCC[C@@H](c2nccnc2-n2ccnc2)C1. The Hall–Kier alpha value is -2.28. The van der Waals surface area contributed by atoms with Gasteiger partial charge >= 0.3 is 0 Å². The van der Waals surface area contributed by atoms with Crippen molar-refractivity contribution in [2.45, 2.75) is 18.8 Å². The van der Waals surface area contributed by atoms with Crippen molar-refractivity contribution in [1.82, 2.24) is 24.4 Å². The average Bonchev–Trinajstić information content (AvgIpc) is 3.09. The average molecular weight is 301 g/mol. The van der Waals surface area contributed by atoms with Crippen LogP contribution in [0.5, 0.6) is 0 Å². The second kappa shape index (κ2) is 6.65. The number of hydrogen-bond acceptors (Lipinski definition) is 5. The molecule has 1 saturated heterocycles. The molecular formula is C15H19N5O2. The summed E-state index contributed by atoms with van der Waals surface area (Å²) in [4.78, 5) is 26.9. The number of hydrogen-bond donors (Lipinski definition) is 0. The van der Waals surface area contributed by atoms with E-state index in [2.05, 4.69) is 15.0 Å². The van der Waals surface area contributed by atoms with Gasteiger partial charge < -0.3 is 9.64 Å². The van der Waals surface area contributed by atoms with Gasteiger partial charge in [-0.1, -0.05) is 0 Å². The first-order chi connectivity index (χ1) is 10.8. The highest BCUT2D eigenvalue weighted by Crippen LogP contribution is 2.28. The zero-order chi connectivity index (χ0) is 15.4. The summed E-state index contributed by atoms with van der Waals surface area (Å²) in [5, 5.41) is 0. The van der Waals surface area contributed by atoms with Gasteiger partial charge in [0.15, 0.2) is 5.82 Å². The molecule has 1 amide bonds. The third-order valence-electron chi connectivity index (χ3n) is 3.88. The molecule has 0 bridgehead atoms. The van der Waals surface area contributed by atoms with E-state index in [1.807, 2.05) is 15.7 Å². The number of ether oxygens (including phenoxy) is 1. The first-order valence-electron chi connectivity index (χ1n) is 7.35. The van der Waals surface area contributed by atoms with Gasteiger partial charge in [0, 0.05) is 50.9 Å². The van der Waals surface area contributed by atoms with Crippen molar-refractivity contribution in [2.75, 3.05) is 26.8 Å². The fraction of sp³-hybridized carbons (Fsp3) is 0.467. The first kappa shape index (κ1) is 14.6. The maximum Gasteiger partial charge on any atom is 0.248 e. The summed E-state index contributed by atoms with van der Waals surface area (Å²) in [6.45, 7) is 1.56. The quantitative estimate of drug-likeness (QED) is 0.843. The van der Waals surface area contributed by atoms with Gasteiger partial charge in [-0.2, -0.15) is 0 Å². The summed E-state index contributed by atoms with van der Waals surface area (Å²) in [6, 6.07) is 0. The third-order valence-corrected chi connectivity index (χ3v) is 3.88. The largest absolute Gasteiger partial charge is 0.375 e. The minimum absolute atomic E-state index is 0.0280. The smallest absolute Gasteiger partial charge is 0.248 e. The van der Waals surface area contributed by atoms with Gasteiger partial charge in [0.05, 0.1) is 5.69 Å². The number of imidazole rings is 1. The van der Waals surface area contributed by atoms with Crippen LogP contribution in [0.15, 0.2) is 31.1 Å². The highest BCUT2D eigenvalue weighted by atomic mass is 16.5. The standard InChI is InChI=1S/C15H19N5O2/c1-22-10-13(21)19-7-2-3-12(9-19)14-15(18-5-4-17-14)20-8-6-16-11-20/h4-6,8,11-12H,2-3,7,9-10H2,1H3/t12-/m1/s1. The van der Waals surface area contributed by atoms with Gasteiger partial charge in [-0.3, -0.25) is 14.3 Å². The molecule has 22 heavy (non-hydrogen) atoms. The van der Waals surface area contributed by atoms with E-state index in [-0.39, 0.29) is 18.4 Å². The molecule has 2 aromatic rings. The number of nitrogens with zero attached hydrogens (tertiary/aromatic N) is 5. The summed E-state index contributed by atoms with van der Waals surface area (Å²) < 4.78 is 6.81. The van der Waals surface area contributed by atoms with Crippen LogP contribution < -0.4 is 0 Å². The Morgan fingerprint density at radius 3 is 3.00 bits per heavy atom. The lowest BCUT2D eigenvalue weighted by Gasteiger charge is -2.32. The van der Waals surface area contributed by atoms with E-state index >= 15 is 0 Å². The van der Waals surface area contributed by atoms with E-state index in [1.165, 1.54) is 0 Å². The minimum Gasteiger partial charge on any atom is -0.375 e. The van der Waals surface area contributed by atoms with Crippen molar-refractivity contribution in [3.63, 3.8) is 0 Å². The van der Waals surface area contributed by atoms with Gasteiger partial charge in [0.1, 0.15) is 12.9 Å². The van der Waals surface area contributed by atoms with Crippen molar-refractivity contribution in [3.05, 3.63) is 36.8 Å². The number of rotatable bonds is 4. The first-order valence-corrected chi connectivity index (χ1v) is 7.35. The van der Waals surface area contributed by atoms with E-state index in [9.17, 15) is 4.79 Å². The molecule has 0 saturated carbocycles. The lowest BCUT2D eigenvalue weighted by molar-refractivity contribution is -0.136. The van der Waals surface area contributed by atoms with Crippen molar-refractivity contribution >= 4 is 5.91 Å². The Morgan fingerprint density at radius 1 is 1.36 bits per heavy atom. The molecule has 1 atom stereocenters. The highest BCUT2D eigenvalue weighted by Gasteiger charge is 2.27. The molecule has 1 aliphatic rings. The van der Waals surface area contributed by atoms with E-state index in [0.717, 1.165) is 30.9 Å². The van der Waals surface area contributed by atoms with E-state index in [1.54, 1.807) is 32.0 Å². The molecule has 3 rings (SSSR count). The van der Waals surface area contributed by atoms with E-state index in [4.69, 9.17) is 4.74 Å². The predicted molar refractivity (Wildman–Crippen MR) is 79.6 cm³/mol. The fourth-order valence-electron chi connectivity index (χ4n) is 2.85. The van der Waals surface area contributed by atoms with Crippen LogP contribution >= 0.6 is 0 Å². The zero-order valence-corrected chi connectivity index (χ0v) is 12.6. The molecule has 0 aliphatic carbocycles. The van der Waals surface area contributed by atoms with Gasteiger partial charge in [0.2, 0.25) is 5.91 Å². The van der Waals surface area contributed by atoms with Crippen LogP contribution in [0, 0.1) is 0 Å². The normalized spacial score (nSPS) is 18.4. The number of aromatic nitrogens is 4.